The van der Waals surface area contributed by atoms with Crippen molar-refractivity contribution in [3.63, 3.8) is 0 Å². The molecular formula is C18H27NO10. The van der Waals surface area contributed by atoms with Gasteiger partial charge in [-0.3, -0.25) is 24.0 Å². The number of ether oxygens (including phenoxy) is 5. The first kappa shape index (κ1) is 24.3. The van der Waals surface area contributed by atoms with E-state index >= 15 is 0 Å². The van der Waals surface area contributed by atoms with Crippen LogP contribution in [0.25, 0.3) is 0 Å². The van der Waals surface area contributed by atoms with Gasteiger partial charge in [0, 0.05) is 27.7 Å². The van der Waals surface area contributed by atoms with Gasteiger partial charge in [-0.25, -0.2) is 0 Å². The Morgan fingerprint density at radius 1 is 0.828 bits per heavy atom. The van der Waals surface area contributed by atoms with E-state index in [9.17, 15) is 24.0 Å². The fourth-order valence-corrected chi connectivity index (χ4v) is 2.99. The Bertz CT molecular complexity index is 634. The maximum Gasteiger partial charge on any atom is 0.308 e. The highest BCUT2D eigenvalue weighted by Crippen LogP contribution is 2.29. The van der Waals surface area contributed by atoms with Crippen LogP contribution in [0, 0.1) is 0 Å². The molecule has 11 heteroatoms. The van der Waals surface area contributed by atoms with Gasteiger partial charge in [0.05, 0.1) is 13.0 Å². The molecule has 5 atom stereocenters. The third-order valence-corrected chi connectivity index (χ3v) is 3.89. The maximum absolute atomic E-state index is 12.0. The van der Waals surface area contributed by atoms with Crippen molar-refractivity contribution >= 4 is 29.8 Å². The van der Waals surface area contributed by atoms with Gasteiger partial charge in [0.1, 0.15) is 24.9 Å². The summed E-state index contributed by atoms with van der Waals surface area (Å²) in [6, 6.07) is -1.05. The average Bonchev–Trinajstić information content (AvgIpc) is 2.57. The number of amides is 1. The van der Waals surface area contributed by atoms with Crippen LogP contribution in [-0.2, 0) is 47.7 Å². The van der Waals surface area contributed by atoms with E-state index in [2.05, 4.69) is 5.32 Å². The summed E-state index contributed by atoms with van der Waals surface area (Å²) in [5.41, 5.74) is 0. The molecule has 1 amide bonds. The van der Waals surface area contributed by atoms with E-state index in [-0.39, 0.29) is 19.6 Å². The average molecular weight is 417 g/mol. The quantitative estimate of drug-likeness (QED) is 0.410. The van der Waals surface area contributed by atoms with Gasteiger partial charge in [-0.2, -0.15) is 0 Å². The van der Waals surface area contributed by atoms with E-state index in [0.717, 1.165) is 13.8 Å². The SMILES string of the molecule is CCOC(=O)C[C@H]1O[C@H](COC(C)=O)[C@@H](OC(C)=O)[C@@H](NC(C)=O)[C@@H]1OC(C)=O. The number of nitrogens with one attached hydrogen (secondary N) is 1. The number of hydrogen-bond acceptors (Lipinski definition) is 10. The van der Waals surface area contributed by atoms with Crippen LogP contribution in [0.1, 0.15) is 41.0 Å². The molecule has 1 aliphatic rings. The van der Waals surface area contributed by atoms with Crippen molar-refractivity contribution in [3.8, 4) is 0 Å². The second kappa shape index (κ2) is 11.3. The summed E-state index contributed by atoms with van der Waals surface area (Å²) in [7, 11) is 0. The molecule has 0 unspecified atom stereocenters. The van der Waals surface area contributed by atoms with Crippen LogP contribution in [0.3, 0.4) is 0 Å². The molecule has 164 valence electrons. The van der Waals surface area contributed by atoms with Crippen LogP contribution in [0.15, 0.2) is 0 Å². The Kier molecular flexibility index (Phi) is 9.53. The summed E-state index contributed by atoms with van der Waals surface area (Å²) < 4.78 is 26.3. The highest BCUT2D eigenvalue weighted by atomic mass is 16.6. The van der Waals surface area contributed by atoms with E-state index in [1.165, 1.54) is 13.8 Å². The number of esters is 4. The molecule has 0 bridgehead atoms. The second-order valence-electron chi connectivity index (χ2n) is 6.40. The molecule has 11 nitrogen and oxygen atoms in total. The first-order valence-corrected chi connectivity index (χ1v) is 9.11. The van der Waals surface area contributed by atoms with Crippen molar-refractivity contribution in [2.75, 3.05) is 13.2 Å². The molecule has 1 aliphatic heterocycles. The molecule has 0 radical (unpaired) electrons. The van der Waals surface area contributed by atoms with E-state index in [4.69, 9.17) is 23.7 Å². The largest absolute Gasteiger partial charge is 0.466 e. The number of carbonyl (C=O) groups is 5. The van der Waals surface area contributed by atoms with E-state index in [0.29, 0.717) is 0 Å². The minimum absolute atomic E-state index is 0.131. The summed E-state index contributed by atoms with van der Waals surface area (Å²) in [5.74, 6) is -3.09. The summed E-state index contributed by atoms with van der Waals surface area (Å²) in [6.45, 7) is 6.17. The molecule has 1 fully saturated rings. The van der Waals surface area contributed by atoms with Gasteiger partial charge in [0.25, 0.3) is 0 Å². The van der Waals surface area contributed by atoms with Crippen molar-refractivity contribution in [1.29, 1.82) is 0 Å². The molecule has 0 spiro atoms. The van der Waals surface area contributed by atoms with E-state index in [1.807, 2.05) is 0 Å². The van der Waals surface area contributed by atoms with Crippen LogP contribution in [0.5, 0.6) is 0 Å². The van der Waals surface area contributed by atoms with E-state index in [1.54, 1.807) is 6.92 Å². The molecule has 1 heterocycles. The monoisotopic (exact) mass is 417 g/mol. The standard InChI is InChI=1S/C18H27NO10/c1-6-25-15(24)7-13-17(27-11(4)22)16(19-9(2)20)18(28-12(5)23)14(29-13)8-26-10(3)21/h13-14,16-18H,6-8H2,1-5H3,(H,19,20)/t13-,14-,16+,17-,18-/m1/s1. The van der Waals surface area contributed by atoms with Gasteiger partial charge in [0.15, 0.2) is 12.2 Å². The molecule has 1 saturated heterocycles. The van der Waals surface area contributed by atoms with Crippen molar-refractivity contribution in [1.82, 2.24) is 5.32 Å². The minimum atomic E-state index is -1.15. The lowest BCUT2D eigenvalue weighted by atomic mass is 9.90. The van der Waals surface area contributed by atoms with Gasteiger partial charge in [-0.1, -0.05) is 0 Å². The van der Waals surface area contributed by atoms with Crippen LogP contribution in [0.2, 0.25) is 0 Å². The fraction of sp³-hybridized carbons (Fsp3) is 0.722. The van der Waals surface area contributed by atoms with Crippen LogP contribution in [0.4, 0.5) is 0 Å². The summed E-state index contributed by atoms with van der Waals surface area (Å²) in [4.78, 5) is 58.3. The van der Waals surface area contributed by atoms with Gasteiger partial charge in [-0.05, 0) is 6.92 Å². The molecule has 0 aromatic carbocycles. The summed E-state index contributed by atoms with van der Waals surface area (Å²) in [6.07, 6.45) is -4.66. The summed E-state index contributed by atoms with van der Waals surface area (Å²) >= 11 is 0. The van der Waals surface area contributed by atoms with Gasteiger partial charge < -0.3 is 29.0 Å². The van der Waals surface area contributed by atoms with Crippen LogP contribution < -0.4 is 5.32 Å². The smallest absolute Gasteiger partial charge is 0.308 e. The normalized spacial score (nSPS) is 26.0. The number of rotatable bonds is 8. The topological polar surface area (TPSA) is 144 Å². The first-order chi connectivity index (χ1) is 13.5. The highest BCUT2D eigenvalue weighted by molar-refractivity contribution is 5.74. The summed E-state index contributed by atoms with van der Waals surface area (Å²) in [5, 5.41) is 2.58. The lowest BCUT2D eigenvalue weighted by Crippen LogP contribution is -2.66. The zero-order valence-corrected chi connectivity index (χ0v) is 17.1. The Morgan fingerprint density at radius 3 is 1.83 bits per heavy atom. The van der Waals surface area contributed by atoms with Crippen molar-refractivity contribution in [3.05, 3.63) is 0 Å². The van der Waals surface area contributed by atoms with Crippen LogP contribution >= 0.6 is 0 Å². The Labute approximate surface area is 168 Å². The predicted octanol–water partition coefficient (Wildman–Crippen LogP) is -0.362. The molecule has 29 heavy (non-hydrogen) atoms. The third kappa shape index (κ3) is 8.06. The Hall–Kier alpha value is -2.69. The molecule has 0 aliphatic carbocycles. The van der Waals surface area contributed by atoms with Gasteiger partial charge in [-0.15, -0.1) is 0 Å². The Morgan fingerprint density at radius 2 is 1.38 bits per heavy atom. The molecule has 0 aromatic heterocycles. The second-order valence-corrected chi connectivity index (χ2v) is 6.40. The molecule has 1 rings (SSSR count). The van der Waals surface area contributed by atoms with Crippen molar-refractivity contribution in [2.24, 2.45) is 0 Å². The first-order valence-electron chi connectivity index (χ1n) is 9.11. The Balaban J connectivity index is 3.29. The minimum Gasteiger partial charge on any atom is -0.466 e. The lowest BCUT2D eigenvalue weighted by Gasteiger charge is -2.45. The van der Waals surface area contributed by atoms with Crippen LogP contribution in [-0.4, -0.2) is 73.5 Å². The molecule has 1 N–H and O–H groups in total. The van der Waals surface area contributed by atoms with Crippen molar-refractivity contribution < 1.29 is 47.7 Å². The fourth-order valence-electron chi connectivity index (χ4n) is 2.99. The number of hydrogen-bond donors (Lipinski definition) is 1. The van der Waals surface area contributed by atoms with Gasteiger partial charge in [0.2, 0.25) is 5.91 Å². The van der Waals surface area contributed by atoms with Gasteiger partial charge >= 0.3 is 23.9 Å². The molecule has 0 aromatic rings. The lowest BCUT2D eigenvalue weighted by molar-refractivity contribution is -0.223. The molecule has 0 saturated carbocycles. The highest BCUT2D eigenvalue weighted by Gasteiger charge is 2.51. The van der Waals surface area contributed by atoms with E-state index < -0.39 is 60.2 Å². The van der Waals surface area contributed by atoms with Crippen molar-refractivity contribution in [2.45, 2.75) is 71.5 Å². The zero-order chi connectivity index (χ0) is 22.1. The number of carbonyl (C=O) groups excluding carboxylic acids is 5. The zero-order valence-electron chi connectivity index (χ0n) is 17.1. The third-order valence-electron chi connectivity index (χ3n) is 3.89. The maximum atomic E-state index is 12.0. The predicted molar refractivity (Wildman–Crippen MR) is 95.3 cm³/mol. The molecular weight excluding hydrogens is 390 g/mol.